The van der Waals surface area contributed by atoms with Crippen molar-refractivity contribution in [3.8, 4) is 0 Å². The average Bonchev–Trinajstić information content (AvgIpc) is 1.94. The second kappa shape index (κ2) is 5.68. The van der Waals surface area contributed by atoms with Crippen LogP contribution < -0.4 is 4.72 Å². The van der Waals surface area contributed by atoms with E-state index in [1.54, 1.807) is 0 Å². The molecule has 0 saturated carbocycles. The number of hydrogen-bond acceptors (Lipinski definition) is 3. The summed E-state index contributed by atoms with van der Waals surface area (Å²) in [6.07, 6.45) is 1.18. The lowest BCUT2D eigenvalue weighted by Gasteiger charge is -2.30. The third kappa shape index (κ3) is 6.34. The molecule has 0 aliphatic rings. The summed E-state index contributed by atoms with van der Waals surface area (Å²) < 4.78 is 24.1. The van der Waals surface area contributed by atoms with Gasteiger partial charge < -0.3 is 0 Å². The number of rotatable bonds is 6. The van der Waals surface area contributed by atoms with Gasteiger partial charge in [0.25, 0.3) is 0 Å². The Morgan fingerprint density at radius 3 is 1.86 bits per heavy atom. The molecule has 4 nitrogen and oxygen atoms in total. The van der Waals surface area contributed by atoms with Crippen LogP contribution in [0.15, 0.2) is 0 Å². The predicted molar refractivity (Wildman–Crippen MR) is 59.8 cm³/mol. The molecule has 14 heavy (non-hydrogen) atoms. The van der Waals surface area contributed by atoms with Gasteiger partial charge in [-0.05, 0) is 27.7 Å². The second-order valence-electron chi connectivity index (χ2n) is 4.09. The van der Waals surface area contributed by atoms with E-state index in [9.17, 15) is 8.42 Å². The molecule has 0 saturated heterocycles. The van der Waals surface area contributed by atoms with Gasteiger partial charge in [-0.1, -0.05) is 0 Å². The Balaban J connectivity index is 3.96. The molecule has 5 heteroatoms. The summed E-state index contributed by atoms with van der Waals surface area (Å²) in [6.45, 7) is 9.68. The lowest BCUT2D eigenvalue weighted by atomic mass is 10.2. The number of sulfonamides is 1. The molecule has 0 aliphatic carbocycles. The Kier molecular flexibility index (Phi) is 5.63. The van der Waals surface area contributed by atoms with Crippen molar-refractivity contribution in [2.45, 2.75) is 39.8 Å². The zero-order chi connectivity index (χ0) is 11.4. The van der Waals surface area contributed by atoms with Gasteiger partial charge >= 0.3 is 0 Å². The molecule has 0 amide bonds. The molecule has 0 unspecified atom stereocenters. The summed E-state index contributed by atoms with van der Waals surface area (Å²) in [5.74, 6) is 0. The molecule has 1 N–H and O–H groups in total. The fraction of sp³-hybridized carbons (Fsp3) is 1.00. The number of nitrogens with one attached hydrogen (secondary N) is 1. The van der Waals surface area contributed by atoms with Gasteiger partial charge in [0.05, 0.1) is 6.26 Å². The van der Waals surface area contributed by atoms with Crippen molar-refractivity contribution in [2.24, 2.45) is 0 Å². The molecule has 0 aromatic carbocycles. The zero-order valence-electron chi connectivity index (χ0n) is 9.74. The summed E-state index contributed by atoms with van der Waals surface area (Å²) in [6, 6.07) is 0.882. The van der Waals surface area contributed by atoms with E-state index in [1.807, 2.05) is 0 Å². The molecule has 0 heterocycles. The quantitative estimate of drug-likeness (QED) is 0.718. The third-order valence-corrected chi connectivity index (χ3v) is 2.79. The number of nitrogens with zero attached hydrogens (tertiary/aromatic N) is 1. The van der Waals surface area contributed by atoms with Crippen molar-refractivity contribution in [2.75, 3.05) is 19.3 Å². The average molecular weight is 222 g/mol. The minimum atomic E-state index is -3.05. The van der Waals surface area contributed by atoms with Crippen LogP contribution in [0.5, 0.6) is 0 Å². The molecule has 0 aromatic heterocycles. The Labute approximate surface area is 87.7 Å². The van der Waals surface area contributed by atoms with Crippen molar-refractivity contribution >= 4 is 10.0 Å². The van der Waals surface area contributed by atoms with Crippen molar-refractivity contribution < 1.29 is 8.42 Å². The molecule has 86 valence electrons. The maximum absolute atomic E-state index is 10.8. The molecule has 0 aromatic rings. The third-order valence-electron chi connectivity index (χ3n) is 2.06. The molecule has 0 radical (unpaired) electrons. The van der Waals surface area contributed by atoms with E-state index in [4.69, 9.17) is 0 Å². The first-order valence-electron chi connectivity index (χ1n) is 4.94. The highest BCUT2D eigenvalue weighted by atomic mass is 32.2. The standard InChI is InChI=1S/C9H22N2O2S/c1-8(2)11(9(3)4)7-6-10-14(5,12)13/h8-10H,6-7H2,1-5H3. The molecule has 0 fully saturated rings. The van der Waals surface area contributed by atoms with Gasteiger partial charge in [0.15, 0.2) is 0 Å². The molecular formula is C9H22N2O2S. The van der Waals surface area contributed by atoms with Gasteiger partial charge in [-0.3, -0.25) is 4.90 Å². The number of hydrogen-bond donors (Lipinski definition) is 1. The van der Waals surface area contributed by atoms with Gasteiger partial charge in [-0.2, -0.15) is 0 Å². The Hall–Kier alpha value is -0.130. The fourth-order valence-corrected chi connectivity index (χ4v) is 1.93. The van der Waals surface area contributed by atoms with Gasteiger partial charge in [0.2, 0.25) is 10.0 Å². The summed E-state index contributed by atoms with van der Waals surface area (Å²) in [4.78, 5) is 2.25. The van der Waals surface area contributed by atoms with Crippen molar-refractivity contribution in [1.82, 2.24) is 9.62 Å². The molecule has 0 rings (SSSR count). The molecule has 0 atom stereocenters. The summed E-state index contributed by atoms with van der Waals surface area (Å²) in [7, 11) is -3.05. The van der Waals surface area contributed by atoms with Crippen molar-refractivity contribution in [3.05, 3.63) is 0 Å². The lowest BCUT2D eigenvalue weighted by molar-refractivity contribution is 0.179. The Morgan fingerprint density at radius 2 is 1.57 bits per heavy atom. The topological polar surface area (TPSA) is 49.4 Å². The maximum atomic E-state index is 10.8. The predicted octanol–water partition coefficient (Wildman–Crippen LogP) is 0.654. The normalized spacial score (nSPS) is 13.1. The van der Waals surface area contributed by atoms with Crippen LogP contribution in [-0.2, 0) is 10.0 Å². The first-order valence-corrected chi connectivity index (χ1v) is 6.83. The van der Waals surface area contributed by atoms with Crippen molar-refractivity contribution in [1.29, 1.82) is 0 Å². The van der Waals surface area contributed by atoms with E-state index in [0.29, 0.717) is 18.6 Å². The van der Waals surface area contributed by atoms with Gasteiger partial charge in [-0.15, -0.1) is 0 Å². The lowest BCUT2D eigenvalue weighted by Crippen LogP contribution is -2.42. The van der Waals surface area contributed by atoms with E-state index in [-0.39, 0.29) is 0 Å². The van der Waals surface area contributed by atoms with Crippen LogP contribution in [0.1, 0.15) is 27.7 Å². The van der Waals surface area contributed by atoms with E-state index >= 15 is 0 Å². The van der Waals surface area contributed by atoms with Crippen molar-refractivity contribution in [3.63, 3.8) is 0 Å². The first-order chi connectivity index (χ1) is 6.24. The summed E-state index contributed by atoms with van der Waals surface area (Å²) in [5.41, 5.74) is 0. The van der Waals surface area contributed by atoms with Crippen LogP contribution in [0.4, 0.5) is 0 Å². The minimum Gasteiger partial charge on any atom is -0.297 e. The van der Waals surface area contributed by atoms with E-state index < -0.39 is 10.0 Å². The van der Waals surface area contributed by atoms with Gasteiger partial charge in [0, 0.05) is 25.2 Å². The van der Waals surface area contributed by atoms with Crippen LogP contribution in [0.3, 0.4) is 0 Å². The highest BCUT2D eigenvalue weighted by Crippen LogP contribution is 2.03. The van der Waals surface area contributed by atoms with E-state index in [0.717, 1.165) is 6.54 Å². The van der Waals surface area contributed by atoms with Crippen LogP contribution >= 0.6 is 0 Å². The van der Waals surface area contributed by atoms with Gasteiger partial charge in [0.1, 0.15) is 0 Å². The summed E-state index contributed by atoms with van der Waals surface area (Å²) in [5, 5.41) is 0. The minimum absolute atomic E-state index is 0.441. The van der Waals surface area contributed by atoms with E-state index in [2.05, 4.69) is 37.3 Å². The van der Waals surface area contributed by atoms with Gasteiger partial charge in [-0.25, -0.2) is 13.1 Å². The SMILES string of the molecule is CC(C)N(CCNS(C)(=O)=O)C(C)C. The smallest absolute Gasteiger partial charge is 0.208 e. The van der Waals surface area contributed by atoms with Crippen LogP contribution in [0.25, 0.3) is 0 Å². The van der Waals surface area contributed by atoms with Crippen LogP contribution in [-0.4, -0.2) is 44.7 Å². The second-order valence-corrected chi connectivity index (χ2v) is 5.92. The monoisotopic (exact) mass is 222 g/mol. The first kappa shape index (κ1) is 13.9. The van der Waals surface area contributed by atoms with Crippen LogP contribution in [0.2, 0.25) is 0 Å². The zero-order valence-corrected chi connectivity index (χ0v) is 10.6. The highest BCUT2D eigenvalue weighted by molar-refractivity contribution is 7.88. The Morgan fingerprint density at radius 1 is 1.14 bits per heavy atom. The summed E-state index contributed by atoms with van der Waals surface area (Å²) >= 11 is 0. The molecule has 0 spiro atoms. The Bertz CT molecular complexity index is 240. The largest absolute Gasteiger partial charge is 0.297 e. The fourth-order valence-electron chi connectivity index (χ4n) is 1.47. The van der Waals surface area contributed by atoms with E-state index in [1.165, 1.54) is 6.26 Å². The highest BCUT2D eigenvalue weighted by Gasteiger charge is 2.13. The molecule has 0 bridgehead atoms. The van der Waals surface area contributed by atoms with Crippen LogP contribution in [0, 0.1) is 0 Å². The molecular weight excluding hydrogens is 200 g/mol. The molecule has 0 aliphatic heterocycles. The maximum Gasteiger partial charge on any atom is 0.208 e.